The zero-order chi connectivity index (χ0) is 9.90. The highest BCUT2D eigenvalue weighted by Gasteiger charge is 2.13. The van der Waals surface area contributed by atoms with Crippen LogP contribution in [0, 0.1) is 0 Å². The molecule has 0 spiro atoms. The number of hydrogen-bond donors (Lipinski definition) is 1. The quantitative estimate of drug-likeness (QED) is 0.784. The molecule has 0 saturated heterocycles. The number of rotatable bonds is 3. The first-order valence-corrected chi connectivity index (χ1v) is 5.45. The molecule has 0 aliphatic carbocycles. The van der Waals surface area contributed by atoms with Crippen molar-refractivity contribution >= 4 is 23.4 Å². The fraction of sp³-hybridized carbons (Fsp3) is 0.400. The van der Waals surface area contributed by atoms with Crippen molar-refractivity contribution in [3.05, 3.63) is 29.3 Å². The molecule has 1 N–H and O–H groups in total. The Kier molecular flexibility index (Phi) is 3.65. The van der Waals surface area contributed by atoms with Crippen LogP contribution in [-0.4, -0.2) is 16.5 Å². The van der Waals surface area contributed by atoms with Gasteiger partial charge in [0.25, 0.3) is 0 Å². The van der Waals surface area contributed by atoms with Gasteiger partial charge in [-0.3, -0.25) is 0 Å². The lowest BCUT2D eigenvalue weighted by atomic mass is 10.2. The van der Waals surface area contributed by atoms with Gasteiger partial charge in [-0.25, -0.2) is 0 Å². The molecule has 13 heavy (non-hydrogen) atoms. The van der Waals surface area contributed by atoms with Crippen molar-refractivity contribution in [2.75, 3.05) is 5.75 Å². The van der Waals surface area contributed by atoms with Crippen LogP contribution in [0.3, 0.4) is 0 Å². The highest BCUT2D eigenvalue weighted by molar-refractivity contribution is 7.99. The number of aliphatic hydroxyl groups is 1. The molecule has 72 valence electrons. The summed E-state index contributed by atoms with van der Waals surface area (Å²) in [5.41, 5.74) is -0.649. The first kappa shape index (κ1) is 10.9. The van der Waals surface area contributed by atoms with E-state index in [1.54, 1.807) is 25.6 Å². The van der Waals surface area contributed by atoms with Crippen molar-refractivity contribution in [2.24, 2.45) is 0 Å². The molecule has 0 aliphatic heterocycles. The first-order valence-electron chi connectivity index (χ1n) is 4.09. The van der Waals surface area contributed by atoms with E-state index in [9.17, 15) is 5.11 Å². The molecule has 0 aromatic heterocycles. The normalized spacial score (nSPS) is 11.7. The van der Waals surface area contributed by atoms with Gasteiger partial charge in [0.15, 0.2) is 0 Å². The second-order valence-corrected chi connectivity index (χ2v) is 4.96. The molecule has 0 atom stereocenters. The van der Waals surface area contributed by atoms with Gasteiger partial charge in [0.05, 0.1) is 10.6 Å². The summed E-state index contributed by atoms with van der Waals surface area (Å²) in [4.78, 5) is 1.02. The van der Waals surface area contributed by atoms with Crippen LogP contribution in [-0.2, 0) is 0 Å². The highest BCUT2D eigenvalue weighted by atomic mass is 35.5. The van der Waals surface area contributed by atoms with E-state index in [1.165, 1.54) is 0 Å². The topological polar surface area (TPSA) is 20.2 Å². The maximum Gasteiger partial charge on any atom is 0.0685 e. The lowest BCUT2D eigenvalue weighted by Gasteiger charge is -2.16. The molecule has 1 aromatic carbocycles. The number of thioether (sulfide) groups is 1. The zero-order valence-electron chi connectivity index (χ0n) is 7.75. The lowest BCUT2D eigenvalue weighted by molar-refractivity contribution is 0.107. The summed E-state index contributed by atoms with van der Waals surface area (Å²) in [6.45, 7) is 3.58. The molecule has 0 heterocycles. The maximum absolute atomic E-state index is 9.51. The summed E-state index contributed by atoms with van der Waals surface area (Å²) in [5.74, 6) is 0.650. The molecule has 0 unspecified atom stereocenters. The first-order chi connectivity index (χ1) is 5.99. The minimum Gasteiger partial charge on any atom is -0.390 e. The van der Waals surface area contributed by atoms with E-state index in [2.05, 4.69) is 0 Å². The summed E-state index contributed by atoms with van der Waals surface area (Å²) in [6.07, 6.45) is 0. The third kappa shape index (κ3) is 4.03. The molecule has 0 fully saturated rings. The largest absolute Gasteiger partial charge is 0.390 e. The maximum atomic E-state index is 9.51. The molecule has 0 amide bonds. The Hall–Kier alpha value is -0.180. The van der Waals surface area contributed by atoms with Gasteiger partial charge in [-0.1, -0.05) is 23.7 Å². The molecule has 1 nitrogen and oxygen atoms in total. The Morgan fingerprint density at radius 3 is 2.54 bits per heavy atom. The standard InChI is InChI=1S/C10H13ClOS/c1-10(2,12)7-13-9-6-4-3-5-8(9)11/h3-6,12H,7H2,1-2H3. The monoisotopic (exact) mass is 216 g/mol. The summed E-state index contributed by atoms with van der Waals surface area (Å²) in [6, 6.07) is 7.65. The number of halogens is 1. The van der Waals surface area contributed by atoms with E-state index in [1.807, 2.05) is 24.3 Å². The number of benzene rings is 1. The van der Waals surface area contributed by atoms with Crippen LogP contribution >= 0.6 is 23.4 Å². The van der Waals surface area contributed by atoms with Gasteiger partial charge in [0, 0.05) is 10.6 Å². The molecule has 1 rings (SSSR count). The van der Waals surface area contributed by atoms with Gasteiger partial charge < -0.3 is 5.11 Å². The minimum absolute atomic E-state index is 0.649. The zero-order valence-corrected chi connectivity index (χ0v) is 9.32. The molecule has 0 saturated carbocycles. The fourth-order valence-corrected chi connectivity index (χ4v) is 2.00. The van der Waals surface area contributed by atoms with Gasteiger partial charge in [-0.15, -0.1) is 11.8 Å². The van der Waals surface area contributed by atoms with Crippen molar-refractivity contribution in [3.63, 3.8) is 0 Å². The second kappa shape index (κ2) is 4.36. The Morgan fingerprint density at radius 1 is 1.38 bits per heavy atom. The summed E-state index contributed by atoms with van der Waals surface area (Å²) < 4.78 is 0. The van der Waals surface area contributed by atoms with Crippen LogP contribution in [0.15, 0.2) is 29.2 Å². The van der Waals surface area contributed by atoms with E-state index in [-0.39, 0.29) is 0 Å². The van der Waals surface area contributed by atoms with Gasteiger partial charge in [0.1, 0.15) is 0 Å². The Balaban J connectivity index is 2.60. The highest BCUT2D eigenvalue weighted by Crippen LogP contribution is 2.28. The van der Waals surface area contributed by atoms with Gasteiger partial charge >= 0.3 is 0 Å². The predicted octanol–water partition coefficient (Wildman–Crippen LogP) is 3.20. The molecule has 0 aliphatic rings. The molecule has 3 heteroatoms. The lowest BCUT2D eigenvalue weighted by Crippen LogP contribution is -2.21. The van der Waals surface area contributed by atoms with Gasteiger partial charge in [-0.2, -0.15) is 0 Å². The summed E-state index contributed by atoms with van der Waals surface area (Å²) in [7, 11) is 0. The van der Waals surface area contributed by atoms with Crippen molar-refractivity contribution in [1.29, 1.82) is 0 Å². The van der Waals surface area contributed by atoms with Crippen molar-refractivity contribution in [2.45, 2.75) is 24.3 Å². The Labute approximate surface area is 88.1 Å². The van der Waals surface area contributed by atoms with Crippen LogP contribution in [0.4, 0.5) is 0 Å². The van der Waals surface area contributed by atoms with Gasteiger partial charge in [0.2, 0.25) is 0 Å². The van der Waals surface area contributed by atoms with Crippen LogP contribution in [0.5, 0.6) is 0 Å². The van der Waals surface area contributed by atoms with E-state index >= 15 is 0 Å². The van der Waals surface area contributed by atoms with Crippen molar-refractivity contribution in [3.8, 4) is 0 Å². The van der Waals surface area contributed by atoms with Crippen molar-refractivity contribution in [1.82, 2.24) is 0 Å². The van der Waals surface area contributed by atoms with Crippen LogP contribution in [0.2, 0.25) is 5.02 Å². The predicted molar refractivity (Wildman–Crippen MR) is 58.5 cm³/mol. The number of hydrogen-bond acceptors (Lipinski definition) is 2. The SMILES string of the molecule is CC(C)(O)CSc1ccccc1Cl. The van der Waals surface area contributed by atoms with E-state index < -0.39 is 5.60 Å². The molecule has 1 aromatic rings. The van der Waals surface area contributed by atoms with Crippen LogP contribution < -0.4 is 0 Å². The van der Waals surface area contributed by atoms with Crippen LogP contribution in [0.25, 0.3) is 0 Å². The third-order valence-corrected chi connectivity index (χ3v) is 3.38. The smallest absolute Gasteiger partial charge is 0.0685 e. The second-order valence-electron chi connectivity index (χ2n) is 3.53. The average molecular weight is 217 g/mol. The van der Waals surface area contributed by atoms with E-state index in [0.29, 0.717) is 5.75 Å². The van der Waals surface area contributed by atoms with Gasteiger partial charge in [-0.05, 0) is 26.0 Å². The third-order valence-electron chi connectivity index (χ3n) is 1.42. The molecular formula is C10H13ClOS. The molecule has 0 radical (unpaired) electrons. The Bertz CT molecular complexity index is 280. The molecular weight excluding hydrogens is 204 g/mol. The molecule has 0 bridgehead atoms. The fourth-order valence-electron chi connectivity index (χ4n) is 0.816. The van der Waals surface area contributed by atoms with Crippen molar-refractivity contribution < 1.29 is 5.11 Å². The minimum atomic E-state index is -0.649. The summed E-state index contributed by atoms with van der Waals surface area (Å²) >= 11 is 7.52. The Morgan fingerprint density at radius 2 is 2.00 bits per heavy atom. The van der Waals surface area contributed by atoms with E-state index in [4.69, 9.17) is 11.6 Å². The van der Waals surface area contributed by atoms with Crippen LogP contribution in [0.1, 0.15) is 13.8 Å². The average Bonchev–Trinajstić information content (AvgIpc) is 2.01. The summed E-state index contributed by atoms with van der Waals surface area (Å²) in [5, 5.41) is 10.3. The van der Waals surface area contributed by atoms with E-state index in [0.717, 1.165) is 9.92 Å².